The quantitative estimate of drug-likeness (QED) is 0.605. The summed E-state index contributed by atoms with van der Waals surface area (Å²) in [6.45, 7) is 6.33. The third-order valence-electron chi connectivity index (χ3n) is 2.68. The van der Waals surface area contributed by atoms with Crippen LogP contribution in [0.15, 0.2) is 0 Å². The number of aliphatic hydroxyl groups excluding tert-OH is 1. The van der Waals surface area contributed by atoms with Crippen molar-refractivity contribution in [1.82, 2.24) is 10.2 Å². The molecule has 6 nitrogen and oxygen atoms in total. The fourth-order valence-corrected chi connectivity index (χ4v) is 1.54. The lowest BCUT2D eigenvalue weighted by Crippen LogP contribution is -2.46. The number of carboxylic acid groups (broad SMARTS) is 1. The Labute approximate surface area is 108 Å². The Bertz CT molecular complexity index is 269. The number of hydrogen-bond donors (Lipinski definition) is 3. The van der Waals surface area contributed by atoms with Crippen LogP contribution < -0.4 is 5.32 Å². The Morgan fingerprint density at radius 3 is 2.33 bits per heavy atom. The van der Waals surface area contributed by atoms with Crippen molar-refractivity contribution in [2.45, 2.75) is 39.7 Å². The highest BCUT2D eigenvalue weighted by molar-refractivity contribution is 5.74. The van der Waals surface area contributed by atoms with E-state index in [0.29, 0.717) is 19.5 Å². The second-order valence-corrected chi connectivity index (χ2v) is 4.73. The molecule has 0 aromatic rings. The number of hydrogen-bond acceptors (Lipinski definition) is 3. The minimum atomic E-state index is -0.822. The molecule has 0 aliphatic rings. The van der Waals surface area contributed by atoms with E-state index in [1.54, 1.807) is 4.90 Å². The molecule has 0 bridgehead atoms. The molecule has 0 saturated carbocycles. The monoisotopic (exact) mass is 260 g/mol. The molecule has 18 heavy (non-hydrogen) atoms. The van der Waals surface area contributed by atoms with E-state index in [9.17, 15) is 9.59 Å². The largest absolute Gasteiger partial charge is 0.481 e. The number of urea groups is 1. The Hall–Kier alpha value is -1.30. The first-order valence-electron chi connectivity index (χ1n) is 6.25. The molecule has 0 spiro atoms. The molecule has 0 saturated heterocycles. The normalized spacial score (nSPS) is 12.3. The molecule has 0 aromatic heterocycles. The fourth-order valence-electron chi connectivity index (χ4n) is 1.54. The molecule has 1 unspecified atom stereocenters. The van der Waals surface area contributed by atoms with Crippen LogP contribution in [0.3, 0.4) is 0 Å². The van der Waals surface area contributed by atoms with Gasteiger partial charge in [0.15, 0.2) is 0 Å². The maximum atomic E-state index is 11.8. The van der Waals surface area contributed by atoms with Gasteiger partial charge >= 0.3 is 12.0 Å². The Balaban J connectivity index is 4.02. The second-order valence-electron chi connectivity index (χ2n) is 4.73. The molecule has 3 N–H and O–H groups in total. The number of aliphatic hydroxyl groups is 1. The van der Waals surface area contributed by atoms with E-state index >= 15 is 0 Å². The van der Waals surface area contributed by atoms with Crippen LogP contribution in [0.4, 0.5) is 4.79 Å². The Kier molecular flexibility index (Phi) is 8.11. The number of nitrogens with one attached hydrogen (secondary N) is 1. The van der Waals surface area contributed by atoms with Gasteiger partial charge in [-0.25, -0.2) is 4.79 Å². The second kappa shape index (κ2) is 8.74. The summed E-state index contributed by atoms with van der Waals surface area (Å²) in [5, 5.41) is 20.2. The van der Waals surface area contributed by atoms with Crippen LogP contribution in [0.5, 0.6) is 0 Å². The van der Waals surface area contributed by atoms with Gasteiger partial charge in [0.2, 0.25) is 0 Å². The molecule has 0 aromatic carbocycles. The zero-order valence-electron chi connectivity index (χ0n) is 11.3. The van der Waals surface area contributed by atoms with Crippen molar-refractivity contribution in [3.05, 3.63) is 0 Å². The molecule has 0 radical (unpaired) electrons. The first-order chi connectivity index (χ1) is 8.38. The number of carboxylic acids is 1. The van der Waals surface area contributed by atoms with Gasteiger partial charge in [-0.15, -0.1) is 0 Å². The smallest absolute Gasteiger partial charge is 0.317 e. The summed E-state index contributed by atoms with van der Waals surface area (Å²) in [4.78, 5) is 23.8. The first-order valence-corrected chi connectivity index (χ1v) is 6.25. The van der Waals surface area contributed by atoms with E-state index in [2.05, 4.69) is 5.32 Å². The van der Waals surface area contributed by atoms with Crippen molar-refractivity contribution in [1.29, 1.82) is 0 Å². The molecular formula is C12H24N2O4. The number of aliphatic carboxylic acids is 1. The van der Waals surface area contributed by atoms with Gasteiger partial charge in [0.05, 0.1) is 6.61 Å². The van der Waals surface area contributed by atoms with Crippen molar-refractivity contribution in [3.8, 4) is 0 Å². The Morgan fingerprint density at radius 2 is 1.89 bits per heavy atom. The molecule has 0 aliphatic carbocycles. The van der Waals surface area contributed by atoms with Crippen LogP contribution in [0.1, 0.15) is 33.6 Å². The summed E-state index contributed by atoms with van der Waals surface area (Å²) < 4.78 is 0. The van der Waals surface area contributed by atoms with Crippen molar-refractivity contribution < 1.29 is 19.8 Å². The van der Waals surface area contributed by atoms with Crippen LogP contribution >= 0.6 is 0 Å². The highest BCUT2D eigenvalue weighted by Gasteiger charge is 2.16. The topological polar surface area (TPSA) is 89.9 Å². The van der Waals surface area contributed by atoms with Gasteiger partial charge < -0.3 is 20.4 Å². The summed E-state index contributed by atoms with van der Waals surface area (Å²) in [5.41, 5.74) is 0. The summed E-state index contributed by atoms with van der Waals surface area (Å²) in [6.07, 6.45) is 0.652. The van der Waals surface area contributed by atoms with E-state index in [1.165, 1.54) is 0 Å². The zero-order chi connectivity index (χ0) is 14.1. The van der Waals surface area contributed by atoms with Gasteiger partial charge in [-0.3, -0.25) is 4.79 Å². The zero-order valence-corrected chi connectivity index (χ0v) is 11.3. The van der Waals surface area contributed by atoms with Gasteiger partial charge in [-0.2, -0.15) is 0 Å². The number of carbonyl (C=O) groups is 2. The number of nitrogens with zero attached hydrogens (tertiary/aromatic N) is 1. The predicted molar refractivity (Wildman–Crippen MR) is 68.4 cm³/mol. The van der Waals surface area contributed by atoms with Gasteiger partial charge in [-0.05, 0) is 26.2 Å². The molecular weight excluding hydrogens is 236 g/mol. The van der Waals surface area contributed by atoms with Gasteiger partial charge in [-0.1, -0.05) is 6.92 Å². The van der Waals surface area contributed by atoms with Crippen LogP contribution in [-0.2, 0) is 4.79 Å². The molecule has 1 atom stereocenters. The van der Waals surface area contributed by atoms with Crippen LogP contribution in [0, 0.1) is 5.92 Å². The van der Waals surface area contributed by atoms with Crippen molar-refractivity contribution >= 4 is 12.0 Å². The first kappa shape index (κ1) is 16.7. The van der Waals surface area contributed by atoms with E-state index in [0.717, 1.165) is 0 Å². The number of amides is 2. The lowest BCUT2D eigenvalue weighted by molar-refractivity contribution is -0.137. The average molecular weight is 260 g/mol. The highest BCUT2D eigenvalue weighted by atomic mass is 16.4. The standard InChI is InChI=1S/C12H24N2O4/c1-9(2)14(6-7-15)12(18)13-8-10(3)4-5-11(16)17/h9-10,15H,4-8H2,1-3H3,(H,13,18)(H,16,17). The number of rotatable bonds is 8. The fraction of sp³-hybridized carbons (Fsp3) is 0.833. The minimum Gasteiger partial charge on any atom is -0.481 e. The van der Waals surface area contributed by atoms with Gasteiger partial charge in [0.25, 0.3) is 0 Å². The molecule has 0 fully saturated rings. The summed E-state index contributed by atoms with van der Waals surface area (Å²) in [5.74, 6) is -0.703. The van der Waals surface area contributed by atoms with E-state index in [1.807, 2.05) is 20.8 Å². The Morgan fingerprint density at radius 1 is 1.28 bits per heavy atom. The number of carbonyl (C=O) groups excluding carboxylic acids is 1. The molecule has 0 heterocycles. The van der Waals surface area contributed by atoms with Crippen LogP contribution in [0.25, 0.3) is 0 Å². The van der Waals surface area contributed by atoms with E-state index in [-0.39, 0.29) is 31.0 Å². The minimum absolute atomic E-state index is 0.0199. The third-order valence-corrected chi connectivity index (χ3v) is 2.68. The lowest BCUT2D eigenvalue weighted by atomic mass is 10.1. The van der Waals surface area contributed by atoms with Gasteiger partial charge in [0.1, 0.15) is 0 Å². The predicted octanol–water partition coefficient (Wildman–Crippen LogP) is 0.900. The maximum absolute atomic E-state index is 11.8. The molecule has 2 amide bonds. The van der Waals surface area contributed by atoms with Crippen molar-refractivity contribution in [2.24, 2.45) is 5.92 Å². The van der Waals surface area contributed by atoms with Crippen LogP contribution in [0.2, 0.25) is 0 Å². The maximum Gasteiger partial charge on any atom is 0.317 e. The highest BCUT2D eigenvalue weighted by Crippen LogP contribution is 2.05. The third kappa shape index (κ3) is 7.11. The lowest BCUT2D eigenvalue weighted by Gasteiger charge is -2.26. The van der Waals surface area contributed by atoms with E-state index in [4.69, 9.17) is 10.2 Å². The van der Waals surface area contributed by atoms with Gasteiger partial charge in [0, 0.05) is 25.6 Å². The molecule has 6 heteroatoms. The summed E-state index contributed by atoms with van der Waals surface area (Å²) in [6, 6.07) is -0.201. The molecule has 0 rings (SSSR count). The van der Waals surface area contributed by atoms with Crippen molar-refractivity contribution in [2.75, 3.05) is 19.7 Å². The molecule has 106 valence electrons. The summed E-state index contributed by atoms with van der Waals surface area (Å²) in [7, 11) is 0. The molecule has 0 aliphatic heterocycles. The SMILES string of the molecule is CC(CCC(=O)O)CNC(=O)N(CCO)C(C)C. The van der Waals surface area contributed by atoms with E-state index < -0.39 is 5.97 Å². The average Bonchev–Trinajstić information content (AvgIpc) is 2.29. The van der Waals surface area contributed by atoms with Crippen molar-refractivity contribution in [3.63, 3.8) is 0 Å². The van der Waals surface area contributed by atoms with Crippen LogP contribution in [-0.4, -0.2) is 52.9 Å². The summed E-state index contributed by atoms with van der Waals surface area (Å²) >= 11 is 0.